The van der Waals surface area contributed by atoms with Gasteiger partial charge < -0.3 is 14.4 Å². The smallest absolute Gasteiger partial charge is 0.497 e. The summed E-state index contributed by atoms with van der Waals surface area (Å²) in [6.07, 6.45) is -1.33. The first-order chi connectivity index (χ1) is 22.0. The molecule has 1 saturated heterocycles. The van der Waals surface area contributed by atoms with Crippen LogP contribution in [0.5, 0.6) is 11.5 Å². The summed E-state index contributed by atoms with van der Waals surface area (Å²) in [7, 11) is 1.66. The number of amides is 1. The summed E-state index contributed by atoms with van der Waals surface area (Å²) in [6.45, 7) is 7.23. The number of alkyl halides is 3. The first-order valence-electron chi connectivity index (χ1n) is 15.1. The lowest BCUT2D eigenvalue weighted by molar-refractivity contribution is -0.274. The highest BCUT2D eigenvalue weighted by molar-refractivity contribution is 8.14. The number of hydrogen-bond donors (Lipinski definition) is 0. The number of anilines is 1. The van der Waals surface area contributed by atoms with E-state index in [0.29, 0.717) is 23.9 Å². The van der Waals surface area contributed by atoms with Crippen molar-refractivity contribution in [3.8, 4) is 28.6 Å². The fraction of sp³-hybridized carbons (Fsp3) is 0.353. The molecule has 5 rings (SSSR count). The Labute approximate surface area is 270 Å². The van der Waals surface area contributed by atoms with E-state index >= 15 is 0 Å². The molecule has 0 N–H and O–H groups in total. The van der Waals surface area contributed by atoms with E-state index in [-0.39, 0.29) is 17.6 Å². The van der Waals surface area contributed by atoms with Crippen LogP contribution in [0.3, 0.4) is 0 Å². The fourth-order valence-corrected chi connectivity index (χ4v) is 6.20. The van der Waals surface area contributed by atoms with Crippen LogP contribution in [0.15, 0.2) is 78.0 Å². The van der Waals surface area contributed by atoms with Crippen molar-refractivity contribution in [2.75, 3.05) is 24.3 Å². The van der Waals surface area contributed by atoms with Gasteiger partial charge in [0.2, 0.25) is 5.91 Å². The van der Waals surface area contributed by atoms with Gasteiger partial charge in [-0.25, -0.2) is 9.67 Å². The number of benzene rings is 3. The Morgan fingerprint density at radius 1 is 1.02 bits per heavy atom. The third-order valence-corrected chi connectivity index (χ3v) is 8.58. The summed E-state index contributed by atoms with van der Waals surface area (Å²) in [5, 5.41) is 5.22. The van der Waals surface area contributed by atoms with Crippen molar-refractivity contribution >= 4 is 28.5 Å². The highest BCUT2D eigenvalue weighted by Gasteiger charge is 2.31. The average Bonchev–Trinajstić information content (AvgIpc) is 3.70. The molecule has 0 aliphatic carbocycles. The Morgan fingerprint density at radius 2 is 1.74 bits per heavy atom. The Balaban J connectivity index is 1.14. The summed E-state index contributed by atoms with van der Waals surface area (Å²) in [5.74, 6) is 2.35. The van der Waals surface area contributed by atoms with Crippen molar-refractivity contribution in [3.05, 3.63) is 84.2 Å². The highest BCUT2D eigenvalue weighted by atomic mass is 32.2. The van der Waals surface area contributed by atoms with Crippen molar-refractivity contribution in [3.63, 3.8) is 0 Å². The van der Waals surface area contributed by atoms with Gasteiger partial charge in [-0.1, -0.05) is 56.8 Å². The number of carbonyl (C=O) groups is 1. The maximum absolute atomic E-state index is 12.9. The van der Waals surface area contributed by atoms with Gasteiger partial charge in [0, 0.05) is 30.0 Å². The molecule has 8 nitrogen and oxygen atoms in total. The van der Waals surface area contributed by atoms with Gasteiger partial charge in [0.1, 0.15) is 17.8 Å². The molecule has 0 bridgehead atoms. The second-order valence-electron chi connectivity index (χ2n) is 11.5. The Kier molecular flexibility index (Phi) is 10.4. The van der Waals surface area contributed by atoms with Crippen LogP contribution >= 0.6 is 11.8 Å². The molecule has 1 amide bonds. The summed E-state index contributed by atoms with van der Waals surface area (Å²) >= 11 is 1.61. The number of carbonyl (C=O) groups excluding carboxylic acids is 1. The predicted molar refractivity (Wildman–Crippen MR) is 175 cm³/mol. The van der Waals surface area contributed by atoms with Crippen LogP contribution in [0.25, 0.3) is 17.1 Å². The van der Waals surface area contributed by atoms with Crippen molar-refractivity contribution in [1.29, 1.82) is 0 Å². The molecular formula is C34H36F3N5O3S. The SMILES string of the molecule is COc1ccc(N2CCSC2=NC(=O)CCC(C)Cc2ccc(-c3ncn(-c4ccc(OC(F)(F)F)cc4)n3)cc2)c(C(C)C)c1. The summed E-state index contributed by atoms with van der Waals surface area (Å²) in [5.41, 5.74) is 4.74. The van der Waals surface area contributed by atoms with Crippen LogP contribution in [-0.2, 0) is 11.2 Å². The minimum atomic E-state index is -4.74. The third kappa shape index (κ3) is 8.48. The number of halogens is 3. The lowest BCUT2D eigenvalue weighted by atomic mass is 9.96. The highest BCUT2D eigenvalue weighted by Crippen LogP contribution is 2.35. The number of rotatable bonds is 11. The molecule has 1 unspecified atom stereocenters. The van der Waals surface area contributed by atoms with Gasteiger partial charge in [0.25, 0.3) is 0 Å². The zero-order valence-electron chi connectivity index (χ0n) is 26.1. The van der Waals surface area contributed by atoms with E-state index in [1.807, 2.05) is 36.4 Å². The largest absolute Gasteiger partial charge is 0.573 e. The Hall–Kier alpha value is -4.32. The molecule has 1 aliphatic heterocycles. The lowest BCUT2D eigenvalue weighted by Crippen LogP contribution is -2.26. The van der Waals surface area contributed by atoms with E-state index in [1.54, 1.807) is 18.9 Å². The third-order valence-electron chi connectivity index (χ3n) is 7.62. The van der Waals surface area contributed by atoms with Crippen LogP contribution in [0.2, 0.25) is 0 Å². The number of ether oxygens (including phenoxy) is 2. The summed E-state index contributed by atoms with van der Waals surface area (Å²) < 4.78 is 48.1. The topological polar surface area (TPSA) is 81.8 Å². The average molecular weight is 652 g/mol. The van der Waals surface area contributed by atoms with Gasteiger partial charge in [-0.05, 0) is 78.3 Å². The van der Waals surface area contributed by atoms with Crippen LogP contribution in [0.1, 0.15) is 50.7 Å². The molecule has 242 valence electrons. The quantitative estimate of drug-likeness (QED) is 0.162. The molecular weight excluding hydrogens is 615 g/mol. The van der Waals surface area contributed by atoms with Crippen molar-refractivity contribution < 1.29 is 27.4 Å². The molecule has 0 radical (unpaired) electrons. The van der Waals surface area contributed by atoms with Crippen molar-refractivity contribution in [2.24, 2.45) is 10.9 Å². The Bertz CT molecular complexity index is 1670. The van der Waals surface area contributed by atoms with Gasteiger partial charge in [-0.2, -0.15) is 4.99 Å². The minimum absolute atomic E-state index is 0.111. The maximum Gasteiger partial charge on any atom is 0.573 e. The van der Waals surface area contributed by atoms with Gasteiger partial charge in [0.15, 0.2) is 11.0 Å². The van der Waals surface area contributed by atoms with Crippen LogP contribution in [-0.4, -0.2) is 51.6 Å². The van der Waals surface area contributed by atoms with Crippen molar-refractivity contribution in [2.45, 2.75) is 52.3 Å². The molecule has 3 aromatic carbocycles. The molecule has 1 aliphatic rings. The zero-order valence-corrected chi connectivity index (χ0v) is 26.9. The normalized spacial score (nSPS) is 15.0. The van der Waals surface area contributed by atoms with E-state index in [0.717, 1.165) is 52.9 Å². The van der Waals surface area contributed by atoms with Crippen LogP contribution in [0, 0.1) is 5.92 Å². The van der Waals surface area contributed by atoms with E-state index in [9.17, 15) is 18.0 Å². The van der Waals surface area contributed by atoms with Gasteiger partial charge >= 0.3 is 6.36 Å². The van der Waals surface area contributed by atoms with Gasteiger partial charge in [-0.3, -0.25) is 4.79 Å². The number of thioether (sulfide) groups is 1. The second kappa shape index (κ2) is 14.4. The molecule has 1 aromatic heterocycles. The van der Waals surface area contributed by atoms with Gasteiger partial charge in [0.05, 0.1) is 12.8 Å². The van der Waals surface area contributed by atoms with E-state index < -0.39 is 6.36 Å². The first-order valence-corrected chi connectivity index (χ1v) is 16.0. The molecule has 46 heavy (non-hydrogen) atoms. The molecule has 12 heteroatoms. The van der Waals surface area contributed by atoms with Crippen LogP contribution < -0.4 is 14.4 Å². The Morgan fingerprint density at radius 3 is 2.41 bits per heavy atom. The number of aromatic nitrogens is 3. The molecule has 1 atom stereocenters. The number of amidine groups is 1. The van der Waals surface area contributed by atoms with Gasteiger partial charge in [-0.15, -0.1) is 18.3 Å². The fourth-order valence-electron chi connectivity index (χ4n) is 5.23. The lowest BCUT2D eigenvalue weighted by Gasteiger charge is -2.23. The van der Waals surface area contributed by atoms with E-state index in [2.05, 4.69) is 51.5 Å². The molecule has 2 heterocycles. The molecule has 0 spiro atoms. The molecule has 4 aromatic rings. The van der Waals surface area contributed by atoms with Crippen molar-refractivity contribution in [1.82, 2.24) is 14.8 Å². The maximum atomic E-state index is 12.9. The first kappa shape index (κ1) is 33.1. The number of aliphatic imine (C=N–C) groups is 1. The van der Waals surface area contributed by atoms with E-state index in [4.69, 9.17) is 4.74 Å². The predicted octanol–water partition coefficient (Wildman–Crippen LogP) is 8.06. The summed E-state index contributed by atoms with van der Waals surface area (Å²) in [4.78, 5) is 23.9. The molecule has 1 fully saturated rings. The zero-order chi connectivity index (χ0) is 32.8. The summed E-state index contributed by atoms with van der Waals surface area (Å²) in [6, 6.07) is 19.4. The number of nitrogens with zero attached hydrogens (tertiary/aromatic N) is 5. The van der Waals surface area contributed by atoms with E-state index in [1.165, 1.54) is 40.8 Å². The molecule has 0 saturated carbocycles. The van der Waals surface area contributed by atoms with Crippen LogP contribution in [0.4, 0.5) is 18.9 Å². The number of hydrogen-bond acceptors (Lipinski definition) is 6. The monoisotopic (exact) mass is 651 g/mol. The minimum Gasteiger partial charge on any atom is -0.497 e. The second-order valence-corrected chi connectivity index (χ2v) is 12.5. The standard InChI is InChI=1S/C34H36F3N5O3S/c1-22(2)29-20-28(44-4)14-15-30(29)41-17-18-46-33(41)39-31(43)16-5-23(3)19-24-6-8-25(9-7-24)32-38-21-42(40-32)26-10-12-27(13-11-26)45-34(35,36)37/h6-15,20-23H,5,16-19H2,1-4H3. The number of methoxy groups -OCH3 is 1.